The quantitative estimate of drug-likeness (QED) is 0.145. The van der Waals surface area contributed by atoms with Crippen LogP contribution in [-0.2, 0) is 0 Å². The monoisotopic (exact) mass is 673 g/mol. The molecule has 10 aromatic rings. The van der Waals surface area contributed by atoms with Gasteiger partial charge >= 0.3 is 0 Å². The normalized spacial score (nSPS) is 13.4. The molecule has 0 radical (unpaired) electrons. The van der Waals surface area contributed by atoms with Gasteiger partial charge in [-0.05, 0) is 41.8 Å². The van der Waals surface area contributed by atoms with Crippen LogP contribution in [0.25, 0.3) is 99.5 Å². The maximum Gasteiger partial charge on any atom is 0.122 e. The zero-order chi connectivity index (χ0) is 34.2. The molecule has 6 heterocycles. The largest absolute Gasteiger partial charge is 0.355 e. The lowest BCUT2D eigenvalue weighted by Crippen LogP contribution is -2.22. The first-order valence-electron chi connectivity index (χ1n) is 17.6. The third kappa shape index (κ3) is 4.33. The van der Waals surface area contributed by atoms with Crippen LogP contribution in [-0.4, -0.2) is 55.1 Å². The summed E-state index contributed by atoms with van der Waals surface area (Å²) in [4.78, 5) is 16.8. The van der Waals surface area contributed by atoms with Crippen molar-refractivity contribution in [3.05, 3.63) is 128 Å². The van der Waals surface area contributed by atoms with Crippen LogP contribution in [0.5, 0.6) is 0 Å². The number of aromatic nitrogens is 7. The summed E-state index contributed by atoms with van der Waals surface area (Å²) in [7, 11) is 0. The van der Waals surface area contributed by atoms with E-state index in [-0.39, 0.29) is 0 Å². The minimum absolute atomic E-state index is 0.684. The van der Waals surface area contributed by atoms with E-state index in [4.69, 9.17) is 20.2 Å². The Labute approximate surface area is 297 Å². The van der Waals surface area contributed by atoms with Gasteiger partial charge in [-0.1, -0.05) is 84.9 Å². The molecule has 9 nitrogen and oxygen atoms in total. The molecule has 5 aromatic carbocycles. The summed E-state index contributed by atoms with van der Waals surface area (Å²) in [5, 5.41) is 26.8. The summed E-state index contributed by atoms with van der Waals surface area (Å²) >= 11 is 0. The summed E-state index contributed by atoms with van der Waals surface area (Å²) in [6.07, 6.45) is 1.92. The molecule has 1 aliphatic rings. The minimum atomic E-state index is 0.684. The van der Waals surface area contributed by atoms with Gasteiger partial charge in [0.15, 0.2) is 0 Å². The summed E-state index contributed by atoms with van der Waals surface area (Å²) < 4.78 is 0. The maximum absolute atomic E-state index is 5.39. The molecule has 0 aliphatic carbocycles. The molecule has 4 N–H and O–H groups in total. The first kappa shape index (κ1) is 28.9. The number of para-hydroxylation sites is 3. The van der Waals surface area contributed by atoms with Crippen LogP contribution in [0.2, 0.25) is 0 Å². The van der Waals surface area contributed by atoms with Crippen LogP contribution < -0.4 is 10.2 Å². The van der Waals surface area contributed by atoms with Gasteiger partial charge in [0.2, 0.25) is 0 Å². The van der Waals surface area contributed by atoms with Crippen molar-refractivity contribution >= 4 is 60.1 Å². The number of aromatic amines is 3. The van der Waals surface area contributed by atoms with Crippen LogP contribution in [0.3, 0.4) is 0 Å². The molecule has 0 atom stereocenters. The van der Waals surface area contributed by atoms with E-state index in [1.54, 1.807) is 0 Å². The zero-order valence-corrected chi connectivity index (χ0v) is 28.0. The standard InChI is InChI=1S/C43H31N9/c1-4-12-28-25(9-1)19-20-45-39(28)37-35(34-23-27-11-3-7-15-31(27)47-34)38-41(40-29-13-5-8-16-32(29)48-49-40)50-51-42(38)43(52-22-21-44-24-52)36(37)33-18-17-26-10-2-6-14-30(26)46-33/h1-20,23,44,47H,21-22,24H2,(H,48,49)(H,50,51). The Bertz CT molecular complexity index is 2960. The van der Waals surface area contributed by atoms with Gasteiger partial charge in [-0.25, -0.2) is 4.98 Å². The smallest absolute Gasteiger partial charge is 0.122 e. The van der Waals surface area contributed by atoms with Crippen LogP contribution in [0, 0.1) is 0 Å². The Kier molecular flexibility index (Phi) is 6.31. The second-order valence-corrected chi connectivity index (χ2v) is 13.4. The number of benzene rings is 5. The fourth-order valence-electron chi connectivity index (χ4n) is 8.07. The van der Waals surface area contributed by atoms with E-state index in [1.807, 2.05) is 24.4 Å². The predicted molar refractivity (Wildman–Crippen MR) is 210 cm³/mol. The van der Waals surface area contributed by atoms with E-state index < -0.39 is 0 Å². The van der Waals surface area contributed by atoms with E-state index >= 15 is 0 Å². The third-order valence-electron chi connectivity index (χ3n) is 10.4. The summed E-state index contributed by atoms with van der Waals surface area (Å²) in [6, 6.07) is 42.1. The zero-order valence-electron chi connectivity index (χ0n) is 28.0. The van der Waals surface area contributed by atoms with Gasteiger partial charge in [0.1, 0.15) is 11.4 Å². The van der Waals surface area contributed by atoms with Gasteiger partial charge in [-0.15, -0.1) is 0 Å². The minimum Gasteiger partial charge on any atom is -0.355 e. The molecule has 11 rings (SSSR count). The SMILES string of the molecule is c1ccc2nc(-c3c(-c4nccc5ccccc45)c(-c4cc5ccccc5[nH]4)c4c(-c5n[nH]c6ccccc56)n[nH]c4c3N3CCNC3)ccc2c1. The van der Waals surface area contributed by atoms with Crippen molar-refractivity contribution in [3.8, 4) is 45.2 Å². The lowest BCUT2D eigenvalue weighted by molar-refractivity contribution is 0.856. The molecule has 1 aliphatic heterocycles. The molecule has 0 saturated carbocycles. The first-order valence-corrected chi connectivity index (χ1v) is 17.6. The van der Waals surface area contributed by atoms with Crippen LogP contribution in [0.1, 0.15) is 0 Å². The average molecular weight is 674 g/mol. The highest BCUT2D eigenvalue weighted by Gasteiger charge is 2.33. The Balaban J connectivity index is 1.39. The molecule has 0 bridgehead atoms. The molecule has 0 unspecified atom stereocenters. The van der Waals surface area contributed by atoms with E-state index in [2.05, 4.69) is 129 Å². The van der Waals surface area contributed by atoms with E-state index in [1.165, 1.54) is 0 Å². The third-order valence-corrected chi connectivity index (χ3v) is 10.4. The molecule has 52 heavy (non-hydrogen) atoms. The van der Waals surface area contributed by atoms with Gasteiger partial charge in [0, 0.05) is 74.1 Å². The molecule has 9 heteroatoms. The van der Waals surface area contributed by atoms with E-state index in [0.717, 1.165) is 118 Å². The number of nitrogens with zero attached hydrogens (tertiary/aromatic N) is 5. The Morgan fingerprint density at radius 2 is 1.37 bits per heavy atom. The highest BCUT2D eigenvalue weighted by Crippen LogP contribution is 2.53. The van der Waals surface area contributed by atoms with E-state index in [9.17, 15) is 0 Å². The number of pyridine rings is 2. The van der Waals surface area contributed by atoms with Gasteiger partial charge in [-0.3, -0.25) is 20.5 Å². The number of rotatable bonds is 5. The van der Waals surface area contributed by atoms with E-state index in [0.29, 0.717) is 6.67 Å². The van der Waals surface area contributed by atoms with Crippen molar-refractivity contribution < 1.29 is 0 Å². The van der Waals surface area contributed by atoms with Gasteiger partial charge in [0.25, 0.3) is 0 Å². The van der Waals surface area contributed by atoms with Crippen LogP contribution in [0.15, 0.2) is 128 Å². The first-order chi connectivity index (χ1) is 25.8. The van der Waals surface area contributed by atoms with Crippen LogP contribution in [0.4, 0.5) is 5.69 Å². The molecule has 5 aromatic heterocycles. The van der Waals surface area contributed by atoms with Crippen molar-refractivity contribution in [3.63, 3.8) is 0 Å². The van der Waals surface area contributed by atoms with Crippen molar-refractivity contribution in [1.82, 2.24) is 40.7 Å². The second-order valence-electron chi connectivity index (χ2n) is 13.4. The Morgan fingerprint density at radius 3 is 2.23 bits per heavy atom. The number of anilines is 1. The summed E-state index contributed by atoms with van der Waals surface area (Å²) in [6.45, 7) is 2.37. The van der Waals surface area contributed by atoms with Crippen LogP contribution >= 0.6 is 0 Å². The average Bonchev–Trinajstić information content (AvgIpc) is 4.03. The van der Waals surface area contributed by atoms with Crippen molar-refractivity contribution in [2.24, 2.45) is 0 Å². The van der Waals surface area contributed by atoms with Crippen molar-refractivity contribution in [2.45, 2.75) is 0 Å². The topological polar surface area (TPSA) is 114 Å². The lowest BCUT2D eigenvalue weighted by Gasteiger charge is -2.26. The van der Waals surface area contributed by atoms with Gasteiger partial charge in [0.05, 0.1) is 40.3 Å². The highest BCUT2D eigenvalue weighted by molar-refractivity contribution is 6.22. The second kappa shape index (κ2) is 11.3. The molecule has 0 spiro atoms. The number of hydrogen-bond donors (Lipinski definition) is 4. The molecule has 0 amide bonds. The maximum atomic E-state index is 5.39. The van der Waals surface area contributed by atoms with Crippen molar-refractivity contribution in [1.29, 1.82) is 0 Å². The highest BCUT2D eigenvalue weighted by atomic mass is 15.3. The molecule has 1 saturated heterocycles. The molecular formula is C43H31N9. The van der Waals surface area contributed by atoms with Crippen molar-refractivity contribution in [2.75, 3.05) is 24.7 Å². The molecular weight excluding hydrogens is 643 g/mol. The van der Waals surface area contributed by atoms with Gasteiger partial charge in [-0.2, -0.15) is 10.2 Å². The Morgan fingerprint density at radius 1 is 0.596 bits per heavy atom. The number of nitrogens with one attached hydrogen (secondary N) is 4. The number of hydrogen-bond acceptors (Lipinski definition) is 6. The summed E-state index contributed by atoms with van der Waals surface area (Å²) in [5.41, 5.74) is 12.2. The molecule has 1 fully saturated rings. The van der Waals surface area contributed by atoms with Gasteiger partial charge < -0.3 is 9.88 Å². The molecule has 248 valence electrons. The lowest BCUT2D eigenvalue weighted by atomic mass is 9.86. The fraction of sp³-hybridized carbons (Fsp3) is 0.0698. The Hall–Kier alpha value is -6.84. The number of H-pyrrole nitrogens is 3. The predicted octanol–water partition coefficient (Wildman–Crippen LogP) is 9.05. The summed E-state index contributed by atoms with van der Waals surface area (Å²) in [5.74, 6) is 0. The number of fused-ring (bicyclic) bond motifs is 5. The fourth-order valence-corrected chi connectivity index (χ4v) is 8.07.